The zero-order valence-electron chi connectivity index (χ0n) is 16.0. The van der Waals surface area contributed by atoms with Gasteiger partial charge in [-0.3, -0.25) is 0 Å². The second-order valence-electron chi connectivity index (χ2n) is 6.43. The minimum Gasteiger partial charge on any atom is -0.383 e. The van der Waals surface area contributed by atoms with E-state index in [0.29, 0.717) is 11.7 Å². The summed E-state index contributed by atoms with van der Waals surface area (Å²) in [6, 6.07) is 8.28. The van der Waals surface area contributed by atoms with Gasteiger partial charge in [0.2, 0.25) is 0 Å². The molecule has 2 heterocycles. The topological polar surface area (TPSA) is 67.6 Å². The van der Waals surface area contributed by atoms with E-state index in [1.54, 1.807) is 18.3 Å². The highest BCUT2D eigenvalue weighted by Crippen LogP contribution is 2.33. The molecule has 140 valence electrons. The van der Waals surface area contributed by atoms with Crippen LogP contribution in [0, 0.1) is 5.82 Å². The second kappa shape index (κ2) is 8.16. The number of nitrogens with two attached hydrogens (primary N) is 1. The molecule has 0 fully saturated rings. The van der Waals surface area contributed by atoms with Crippen LogP contribution >= 0.6 is 0 Å². The van der Waals surface area contributed by atoms with E-state index in [1.807, 2.05) is 19.9 Å². The Labute approximate surface area is 159 Å². The van der Waals surface area contributed by atoms with Crippen molar-refractivity contribution in [2.75, 3.05) is 5.73 Å². The van der Waals surface area contributed by atoms with Crippen molar-refractivity contribution in [2.45, 2.75) is 39.5 Å². The van der Waals surface area contributed by atoms with Crippen molar-refractivity contribution in [3.63, 3.8) is 0 Å². The number of nitrogen functional groups attached to an aromatic ring is 1. The summed E-state index contributed by atoms with van der Waals surface area (Å²) >= 11 is 0. The summed E-state index contributed by atoms with van der Waals surface area (Å²) in [7, 11) is 0. The molecule has 1 aliphatic rings. The summed E-state index contributed by atoms with van der Waals surface area (Å²) < 4.78 is 13.2. The SMILES string of the molecule is CC.CC1CCC=Cc2nc(-c3cc(-c4ccc(F)cc4)cnc3N)[nH]c21. The molecule has 1 unspecified atom stereocenters. The first-order valence-corrected chi connectivity index (χ1v) is 9.40. The number of aromatic nitrogens is 3. The molecule has 0 spiro atoms. The van der Waals surface area contributed by atoms with Gasteiger partial charge in [-0.15, -0.1) is 0 Å². The van der Waals surface area contributed by atoms with Gasteiger partial charge < -0.3 is 10.7 Å². The molecule has 0 saturated heterocycles. The molecule has 5 heteroatoms. The molecule has 0 bridgehead atoms. The van der Waals surface area contributed by atoms with Gasteiger partial charge in [-0.2, -0.15) is 0 Å². The zero-order chi connectivity index (χ0) is 19.4. The highest BCUT2D eigenvalue weighted by atomic mass is 19.1. The number of pyridine rings is 1. The van der Waals surface area contributed by atoms with Crippen molar-refractivity contribution in [2.24, 2.45) is 0 Å². The van der Waals surface area contributed by atoms with E-state index in [2.05, 4.69) is 29.0 Å². The molecular formula is C22H25FN4. The van der Waals surface area contributed by atoms with Gasteiger partial charge >= 0.3 is 0 Å². The number of hydrogen-bond acceptors (Lipinski definition) is 3. The normalized spacial score (nSPS) is 15.5. The first kappa shape index (κ1) is 18.8. The number of nitrogens with one attached hydrogen (secondary N) is 1. The Hall–Kier alpha value is -2.95. The van der Waals surface area contributed by atoms with Crippen LogP contribution in [0.3, 0.4) is 0 Å². The minimum absolute atomic E-state index is 0.261. The van der Waals surface area contributed by atoms with Crippen LogP contribution in [0.1, 0.15) is 50.9 Å². The molecule has 0 saturated carbocycles. The van der Waals surface area contributed by atoms with Crippen molar-refractivity contribution in [3.05, 3.63) is 59.8 Å². The maximum absolute atomic E-state index is 13.2. The van der Waals surface area contributed by atoms with E-state index in [-0.39, 0.29) is 5.82 Å². The highest BCUT2D eigenvalue weighted by Gasteiger charge is 2.19. The van der Waals surface area contributed by atoms with Gasteiger partial charge in [0.15, 0.2) is 0 Å². The Kier molecular flexibility index (Phi) is 5.69. The lowest BCUT2D eigenvalue weighted by molar-refractivity contribution is 0.628. The Morgan fingerprint density at radius 3 is 2.63 bits per heavy atom. The molecule has 3 aromatic rings. The Bertz CT molecular complexity index is 941. The summed E-state index contributed by atoms with van der Waals surface area (Å²) in [5.74, 6) is 1.30. The number of halogens is 1. The van der Waals surface area contributed by atoms with E-state index in [9.17, 15) is 4.39 Å². The van der Waals surface area contributed by atoms with Crippen LogP contribution in [0.2, 0.25) is 0 Å². The van der Waals surface area contributed by atoms with E-state index in [0.717, 1.165) is 46.7 Å². The standard InChI is InChI=1S/C20H19FN4.C2H6/c1-12-4-2-3-5-17-18(12)25-20(24-17)16-10-14(11-23-19(16)22)13-6-8-15(21)9-7-13;1-2/h3,5-12H,2,4H2,1H3,(H2,22,23)(H,24,25);1-2H3. The molecule has 2 aromatic heterocycles. The van der Waals surface area contributed by atoms with E-state index in [4.69, 9.17) is 10.7 Å². The number of rotatable bonds is 2. The third kappa shape index (κ3) is 3.92. The second-order valence-corrected chi connectivity index (χ2v) is 6.43. The number of aromatic amines is 1. The van der Waals surface area contributed by atoms with Gasteiger partial charge in [0.05, 0.1) is 11.3 Å². The molecule has 27 heavy (non-hydrogen) atoms. The summed E-state index contributed by atoms with van der Waals surface area (Å²) in [5, 5.41) is 0. The molecule has 0 aliphatic heterocycles. The smallest absolute Gasteiger partial charge is 0.141 e. The number of H-pyrrole nitrogens is 1. The maximum atomic E-state index is 13.2. The zero-order valence-corrected chi connectivity index (χ0v) is 16.0. The Morgan fingerprint density at radius 1 is 1.15 bits per heavy atom. The largest absolute Gasteiger partial charge is 0.383 e. The first-order chi connectivity index (χ1) is 13.1. The van der Waals surface area contributed by atoms with Crippen LogP contribution in [0.5, 0.6) is 0 Å². The summed E-state index contributed by atoms with van der Waals surface area (Å²) in [5.41, 5.74) is 10.7. The summed E-state index contributed by atoms with van der Waals surface area (Å²) in [4.78, 5) is 12.4. The van der Waals surface area contributed by atoms with Crippen LogP contribution < -0.4 is 5.73 Å². The van der Waals surface area contributed by atoms with Crippen molar-refractivity contribution < 1.29 is 4.39 Å². The molecule has 1 atom stereocenters. The molecule has 1 aromatic carbocycles. The number of benzene rings is 1. The van der Waals surface area contributed by atoms with Gasteiger partial charge in [-0.1, -0.05) is 39.0 Å². The van der Waals surface area contributed by atoms with Gasteiger partial charge in [-0.05, 0) is 48.6 Å². The fraction of sp³-hybridized carbons (Fsp3) is 0.273. The van der Waals surface area contributed by atoms with Crippen molar-refractivity contribution >= 4 is 11.9 Å². The molecular weight excluding hydrogens is 339 g/mol. The number of anilines is 1. The summed E-state index contributed by atoms with van der Waals surface area (Å²) in [6.45, 7) is 6.20. The average molecular weight is 364 g/mol. The predicted octanol–water partition coefficient (Wildman–Crippen LogP) is 5.80. The fourth-order valence-corrected chi connectivity index (χ4v) is 3.18. The van der Waals surface area contributed by atoms with Crippen molar-refractivity contribution in [1.29, 1.82) is 0 Å². The number of fused-ring (bicyclic) bond motifs is 1. The highest BCUT2D eigenvalue weighted by molar-refractivity contribution is 5.76. The van der Waals surface area contributed by atoms with Gasteiger partial charge in [-0.25, -0.2) is 14.4 Å². The number of hydrogen-bond donors (Lipinski definition) is 2. The molecule has 4 rings (SSSR count). The number of nitrogens with zero attached hydrogens (tertiary/aromatic N) is 2. The molecule has 4 nitrogen and oxygen atoms in total. The third-order valence-electron chi connectivity index (χ3n) is 4.65. The molecule has 3 N–H and O–H groups in total. The van der Waals surface area contributed by atoms with Crippen LogP contribution in [-0.2, 0) is 0 Å². The van der Waals surface area contributed by atoms with Crippen LogP contribution in [-0.4, -0.2) is 15.0 Å². The van der Waals surface area contributed by atoms with Gasteiger partial charge in [0.25, 0.3) is 0 Å². The molecule has 0 amide bonds. The van der Waals surface area contributed by atoms with Crippen LogP contribution in [0.25, 0.3) is 28.6 Å². The quantitative estimate of drug-likeness (QED) is 0.604. The minimum atomic E-state index is -0.261. The third-order valence-corrected chi connectivity index (χ3v) is 4.65. The maximum Gasteiger partial charge on any atom is 0.141 e. The lowest BCUT2D eigenvalue weighted by Gasteiger charge is -2.08. The van der Waals surface area contributed by atoms with E-state index >= 15 is 0 Å². The average Bonchev–Trinajstić information content (AvgIpc) is 3.04. The van der Waals surface area contributed by atoms with E-state index < -0.39 is 0 Å². The Morgan fingerprint density at radius 2 is 1.89 bits per heavy atom. The Balaban J connectivity index is 0.00000102. The fourth-order valence-electron chi connectivity index (χ4n) is 3.18. The van der Waals surface area contributed by atoms with Crippen LogP contribution in [0.15, 0.2) is 42.6 Å². The predicted molar refractivity (Wildman–Crippen MR) is 110 cm³/mol. The van der Waals surface area contributed by atoms with Crippen LogP contribution in [0.4, 0.5) is 10.2 Å². The number of allylic oxidation sites excluding steroid dienone is 1. The molecule has 0 radical (unpaired) electrons. The van der Waals surface area contributed by atoms with E-state index in [1.165, 1.54) is 12.1 Å². The lowest BCUT2D eigenvalue weighted by Crippen LogP contribution is -1.97. The van der Waals surface area contributed by atoms with Crippen molar-refractivity contribution in [1.82, 2.24) is 15.0 Å². The van der Waals surface area contributed by atoms with Gasteiger partial charge in [0, 0.05) is 17.5 Å². The summed E-state index contributed by atoms with van der Waals surface area (Å²) in [6.07, 6.45) is 8.07. The monoisotopic (exact) mass is 364 g/mol. The van der Waals surface area contributed by atoms with Gasteiger partial charge in [0.1, 0.15) is 17.5 Å². The lowest BCUT2D eigenvalue weighted by atomic mass is 10.0. The molecule has 1 aliphatic carbocycles. The first-order valence-electron chi connectivity index (χ1n) is 9.40. The van der Waals surface area contributed by atoms with Crippen molar-refractivity contribution in [3.8, 4) is 22.5 Å². The number of imidazole rings is 1.